The molecule has 1 heterocycles. The van der Waals surface area contributed by atoms with Crippen LogP contribution in [0.5, 0.6) is 0 Å². The minimum atomic E-state index is -1.41. The summed E-state index contributed by atoms with van der Waals surface area (Å²) in [5.74, 6) is -0.381. The van der Waals surface area contributed by atoms with Gasteiger partial charge in [0.05, 0.1) is 18.8 Å². The highest BCUT2D eigenvalue weighted by Gasteiger charge is 2.40. The Morgan fingerprint density at radius 3 is 2.25 bits per heavy atom. The Labute approximate surface area is 70.2 Å². The number of hydrogen-bond donors (Lipinski definition) is 4. The van der Waals surface area contributed by atoms with Crippen molar-refractivity contribution >= 4 is 0 Å². The highest BCUT2D eigenvalue weighted by Crippen LogP contribution is 2.24. The summed E-state index contributed by atoms with van der Waals surface area (Å²) in [6.45, 7) is 1.36. The van der Waals surface area contributed by atoms with Gasteiger partial charge in [-0.25, -0.2) is 0 Å². The second-order valence-corrected chi connectivity index (χ2v) is 3.09. The van der Waals surface area contributed by atoms with E-state index >= 15 is 0 Å². The molecule has 0 aliphatic carbocycles. The molecule has 0 radical (unpaired) electrons. The van der Waals surface area contributed by atoms with Gasteiger partial charge in [-0.1, -0.05) is 6.92 Å². The van der Waals surface area contributed by atoms with Crippen molar-refractivity contribution in [1.29, 1.82) is 0 Å². The number of rotatable bonds is 1. The van der Waals surface area contributed by atoms with Crippen LogP contribution in [0.1, 0.15) is 6.92 Å². The summed E-state index contributed by atoms with van der Waals surface area (Å²) in [6.07, 6.45) is -4.36. The van der Waals surface area contributed by atoms with E-state index in [0.717, 1.165) is 0 Å². The van der Waals surface area contributed by atoms with Crippen molar-refractivity contribution in [2.45, 2.75) is 31.5 Å². The zero-order chi connectivity index (χ0) is 9.30. The standard InChI is InChI=1S/C7H14O5/c1-3-4(2-8)12-7(11)6(10)5(3)9/h3-11H,2H2,1H3/t3-,4?,5?,6?,7-/m1/s1. The van der Waals surface area contributed by atoms with Crippen molar-refractivity contribution in [2.75, 3.05) is 6.61 Å². The van der Waals surface area contributed by atoms with Crippen LogP contribution in [0.2, 0.25) is 0 Å². The zero-order valence-electron chi connectivity index (χ0n) is 6.79. The van der Waals surface area contributed by atoms with Gasteiger partial charge in [0.1, 0.15) is 6.10 Å². The lowest BCUT2D eigenvalue weighted by Crippen LogP contribution is -2.54. The molecule has 1 fully saturated rings. The fourth-order valence-electron chi connectivity index (χ4n) is 1.29. The minimum Gasteiger partial charge on any atom is -0.394 e. The summed E-state index contributed by atoms with van der Waals surface area (Å²) in [7, 11) is 0. The predicted molar refractivity (Wildman–Crippen MR) is 39.1 cm³/mol. The Bertz CT molecular complexity index is 146. The molecular formula is C7H14O5. The lowest BCUT2D eigenvalue weighted by atomic mass is 9.91. The van der Waals surface area contributed by atoms with Gasteiger partial charge in [-0.3, -0.25) is 0 Å². The molecular weight excluding hydrogens is 164 g/mol. The van der Waals surface area contributed by atoms with Gasteiger partial charge < -0.3 is 25.2 Å². The molecule has 0 bridgehead atoms. The molecule has 0 spiro atoms. The molecule has 0 aromatic carbocycles. The molecule has 0 aromatic rings. The largest absolute Gasteiger partial charge is 0.394 e. The van der Waals surface area contributed by atoms with Crippen molar-refractivity contribution in [3.05, 3.63) is 0 Å². The molecule has 1 aliphatic rings. The fraction of sp³-hybridized carbons (Fsp3) is 1.00. The average molecular weight is 178 g/mol. The summed E-state index contributed by atoms with van der Waals surface area (Å²) in [5, 5.41) is 36.2. The summed E-state index contributed by atoms with van der Waals surface area (Å²) >= 11 is 0. The summed E-state index contributed by atoms with van der Waals surface area (Å²) in [6, 6.07) is 0. The number of aliphatic hydroxyl groups excluding tert-OH is 4. The molecule has 5 heteroatoms. The van der Waals surface area contributed by atoms with Crippen molar-refractivity contribution in [1.82, 2.24) is 0 Å². The lowest BCUT2D eigenvalue weighted by molar-refractivity contribution is -0.271. The molecule has 1 rings (SSSR count). The lowest BCUT2D eigenvalue weighted by Gasteiger charge is -2.38. The highest BCUT2D eigenvalue weighted by molar-refractivity contribution is 4.85. The van der Waals surface area contributed by atoms with Gasteiger partial charge in [0.15, 0.2) is 6.29 Å². The van der Waals surface area contributed by atoms with Gasteiger partial charge >= 0.3 is 0 Å². The molecule has 0 aromatic heterocycles. The predicted octanol–water partition coefficient (Wildman–Crippen LogP) is -1.95. The SMILES string of the molecule is C[C@@H]1C(CO)O[C@@H](O)C(O)C1O. The zero-order valence-corrected chi connectivity index (χ0v) is 6.79. The van der Waals surface area contributed by atoms with Gasteiger partial charge in [0.2, 0.25) is 0 Å². The highest BCUT2D eigenvalue weighted by atomic mass is 16.6. The normalized spacial score (nSPS) is 49.2. The van der Waals surface area contributed by atoms with Crippen LogP contribution >= 0.6 is 0 Å². The molecule has 1 aliphatic heterocycles. The van der Waals surface area contributed by atoms with E-state index in [0.29, 0.717) is 0 Å². The summed E-state index contributed by atoms with van der Waals surface area (Å²) in [4.78, 5) is 0. The maximum atomic E-state index is 9.32. The molecule has 0 saturated carbocycles. The van der Waals surface area contributed by atoms with E-state index in [1.807, 2.05) is 0 Å². The molecule has 3 unspecified atom stereocenters. The van der Waals surface area contributed by atoms with E-state index in [2.05, 4.69) is 0 Å². The molecule has 4 N–H and O–H groups in total. The third-order valence-electron chi connectivity index (χ3n) is 2.26. The van der Waals surface area contributed by atoms with Crippen LogP contribution in [-0.2, 0) is 4.74 Å². The van der Waals surface area contributed by atoms with E-state index in [1.165, 1.54) is 0 Å². The van der Waals surface area contributed by atoms with Gasteiger partial charge in [-0.05, 0) is 0 Å². The Balaban J connectivity index is 2.63. The van der Waals surface area contributed by atoms with Crippen LogP contribution in [0.25, 0.3) is 0 Å². The first-order valence-corrected chi connectivity index (χ1v) is 3.88. The van der Waals surface area contributed by atoms with Gasteiger partial charge in [0, 0.05) is 5.92 Å². The Morgan fingerprint density at radius 1 is 1.17 bits per heavy atom. The Hall–Kier alpha value is -0.200. The summed E-state index contributed by atoms with van der Waals surface area (Å²) < 4.78 is 4.83. The fourth-order valence-corrected chi connectivity index (χ4v) is 1.29. The second-order valence-electron chi connectivity index (χ2n) is 3.09. The smallest absolute Gasteiger partial charge is 0.183 e. The van der Waals surface area contributed by atoms with E-state index in [4.69, 9.17) is 20.1 Å². The topological polar surface area (TPSA) is 90.2 Å². The maximum absolute atomic E-state index is 9.32. The second kappa shape index (κ2) is 3.68. The monoisotopic (exact) mass is 178 g/mol. The van der Waals surface area contributed by atoms with Crippen LogP contribution in [0.4, 0.5) is 0 Å². The van der Waals surface area contributed by atoms with Crippen LogP contribution in [-0.4, -0.2) is 51.6 Å². The third kappa shape index (κ3) is 1.60. The van der Waals surface area contributed by atoms with Crippen LogP contribution in [0.15, 0.2) is 0 Å². The number of ether oxygens (including phenoxy) is 1. The van der Waals surface area contributed by atoms with Gasteiger partial charge in [-0.15, -0.1) is 0 Å². The Morgan fingerprint density at radius 2 is 1.75 bits per heavy atom. The summed E-state index contributed by atoms with van der Waals surface area (Å²) in [5.41, 5.74) is 0. The molecule has 1 saturated heterocycles. The maximum Gasteiger partial charge on any atom is 0.183 e. The van der Waals surface area contributed by atoms with E-state index in [1.54, 1.807) is 6.92 Å². The average Bonchev–Trinajstić information content (AvgIpc) is 2.08. The van der Waals surface area contributed by atoms with Crippen LogP contribution < -0.4 is 0 Å². The van der Waals surface area contributed by atoms with E-state index in [9.17, 15) is 5.11 Å². The molecule has 5 atom stereocenters. The van der Waals surface area contributed by atoms with Crippen molar-refractivity contribution in [2.24, 2.45) is 5.92 Å². The first-order chi connectivity index (χ1) is 5.57. The van der Waals surface area contributed by atoms with E-state index < -0.39 is 24.6 Å². The van der Waals surface area contributed by atoms with Crippen LogP contribution in [0, 0.1) is 5.92 Å². The van der Waals surface area contributed by atoms with Gasteiger partial charge in [0.25, 0.3) is 0 Å². The first kappa shape index (κ1) is 9.88. The van der Waals surface area contributed by atoms with Crippen molar-refractivity contribution in [3.8, 4) is 0 Å². The molecule has 5 nitrogen and oxygen atoms in total. The van der Waals surface area contributed by atoms with Gasteiger partial charge in [-0.2, -0.15) is 0 Å². The van der Waals surface area contributed by atoms with E-state index in [-0.39, 0.29) is 12.5 Å². The minimum absolute atomic E-state index is 0.276. The first-order valence-electron chi connectivity index (χ1n) is 3.88. The molecule has 72 valence electrons. The molecule has 0 amide bonds. The Kier molecular flexibility index (Phi) is 3.03. The van der Waals surface area contributed by atoms with Crippen LogP contribution in [0.3, 0.4) is 0 Å². The quantitative estimate of drug-likeness (QED) is 0.375. The molecule has 12 heavy (non-hydrogen) atoms. The third-order valence-corrected chi connectivity index (χ3v) is 2.26. The van der Waals surface area contributed by atoms with Crippen molar-refractivity contribution < 1.29 is 25.2 Å². The number of hydrogen-bond acceptors (Lipinski definition) is 5. The van der Waals surface area contributed by atoms with Crippen molar-refractivity contribution in [3.63, 3.8) is 0 Å². The number of aliphatic hydroxyl groups is 4.